The fourth-order valence-electron chi connectivity index (χ4n) is 0.660. The van der Waals surface area contributed by atoms with Gasteiger partial charge in [-0.3, -0.25) is 9.98 Å². The quantitative estimate of drug-likeness (QED) is 0.539. The van der Waals surface area contributed by atoms with Crippen molar-refractivity contribution in [2.75, 3.05) is 13.1 Å². The maximum atomic E-state index is 3.81. The number of hydrogen-bond acceptors (Lipinski definition) is 4. The molecule has 0 aliphatic carbocycles. The van der Waals surface area contributed by atoms with Gasteiger partial charge in [0.15, 0.2) is 0 Å². The molecule has 2 N–H and O–H groups in total. The predicted molar refractivity (Wildman–Crippen MR) is 51.3 cm³/mol. The second-order valence-electron chi connectivity index (χ2n) is 2.11. The largest absolute Gasteiger partial charge is 0.385 e. The zero-order valence-corrected chi connectivity index (χ0v) is 6.77. The zero-order valence-electron chi connectivity index (χ0n) is 6.77. The fourth-order valence-corrected chi connectivity index (χ4v) is 0.660. The molecule has 64 valence electrons. The summed E-state index contributed by atoms with van der Waals surface area (Å²) in [4.78, 5) is 7.62. The third-order valence-electron chi connectivity index (χ3n) is 1.19. The first kappa shape index (κ1) is 8.52. The molecule has 0 bridgehead atoms. The van der Waals surface area contributed by atoms with Crippen LogP contribution < -0.4 is 10.6 Å². The Morgan fingerprint density at radius 3 is 1.42 bits per heavy atom. The van der Waals surface area contributed by atoms with E-state index in [4.69, 9.17) is 0 Å². The molecule has 4 heteroatoms. The average molecular weight is 164 g/mol. The van der Waals surface area contributed by atoms with Crippen molar-refractivity contribution in [3.8, 4) is 0 Å². The van der Waals surface area contributed by atoms with Gasteiger partial charge < -0.3 is 10.6 Å². The highest BCUT2D eigenvalue weighted by Crippen LogP contribution is 1.73. The molecule has 0 fully saturated rings. The van der Waals surface area contributed by atoms with Crippen LogP contribution in [0, 0.1) is 0 Å². The highest BCUT2D eigenvalue weighted by atomic mass is 14.9. The van der Waals surface area contributed by atoms with Crippen LogP contribution in [0.2, 0.25) is 0 Å². The Balaban J connectivity index is 0.000000120. The summed E-state index contributed by atoms with van der Waals surface area (Å²) in [5, 5.41) is 5.91. The summed E-state index contributed by atoms with van der Waals surface area (Å²) in [5.74, 6) is 0. The highest BCUT2D eigenvalue weighted by Gasteiger charge is 1.75. The first-order valence-corrected chi connectivity index (χ1v) is 3.80. The van der Waals surface area contributed by atoms with Crippen molar-refractivity contribution < 1.29 is 0 Å². The van der Waals surface area contributed by atoms with Crippen LogP contribution in [0.3, 0.4) is 0 Å². The van der Waals surface area contributed by atoms with Crippen LogP contribution in [0.4, 0.5) is 0 Å². The van der Waals surface area contributed by atoms with E-state index >= 15 is 0 Å². The molecular formula is C8H12N4. The van der Waals surface area contributed by atoms with Crippen molar-refractivity contribution in [2.24, 2.45) is 9.98 Å². The van der Waals surface area contributed by atoms with E-state index in [0.29, 0.717) is 0 Å². The van der Waals surface area contributed by atoms with Gasteiger partial charge >= 0.3 is 0 Å². The normalized spacial score (nSPS) is 17.3. The van der Waals surface area contributed by atoms with Gasteiger partial charge in [-0.1, -0.05) is 0 Å². The zero-order chi connectivity index (χ0) is 8.49. The standard InChI is InChI=1S/2C4H6N2/c2*1-2-6-4-3-5-1/h2*1-3,6H,4H2. The summed E-state index contributed by atoms with van der Waals surface area (Å²) in [6, 6.07) is 0. The summed E-state index contributed by atoms with van der Waals surface area (Å²) < 4.78 is 0. The summed E-state index contributed by atoms with van der Waals surface area (Å²) in [6.45, 7) is 1.74. The minimum Gasteiger partial charge on any atom is -0.385 e. The minimum atomic E-state index is 0.872. The fraction of sp³-hybridized carbons (Fsp3) is 0.250. The van der Waals surface area contributed by atoms with E-state index < -0.39 is 0 Å². The van der Waals surface area contributed by atoms with Crippen LogP contribution in [0.15, 0.2) is 34.8 Å². The van der Waals surface area contributed by atoms with Gasteiger partial charge in [-0.25, -0.2) is 0 Å². The van der Waals surface area contributed by atoms with Gasteiger partial charge in [-0.2, -0.15) is 0 Å². The van der Waals surface area contributed by atoms with E-state index in [1.807, 2.05) is 24.8 Å². The second-order valence-corrected chi connectivity index (χ2v) is 2.11. The van der Waals surface area contributed by atoms with E-state index in [1.165, 1.54) is 0 Å². The topological polar surface area (TPSA) is 48.8 Å². The van der Waals surface area contributed by atoms with Crippen LogP contribution >= 0.6 is 0 Å². The van der Waals surface area contributed by atoms with Gasteiger partial charge in [0.2, 0.25) is 0 Å². The molecule has 2 heterocycles. The number of hydrogen-bond donors (Lipinski definition) is 2. The number of rotatable bonds is 0. The lowest BCUT2D eigenvalue weighted by molar-refractivity contribution is 1.01. The molecule has 2 aliphatic heterocycles. The highest BCUT2D eigenvalue weighted by molar-refractivity contribution is 5.61. The van der Waals surface area contributed by atoms with Gasteiger partial charge in [-0.15, -0.1) is 0 Å². The van der Waals surface area contributed by atoms with Crippen molar-refractivity contribution in [3.63, 3.8) is 0 Å². The monoisotopic (exact) mass is 164 g/mol. The van der Waals surface area contributed by atoms with E-state index in [9.17, 15) is 0 Å². The Morgan fingerprint density at radius 2 is 1.33 bits per heavy atom. The predicted octanol–water partition coefficient (Wildman–Crippen LogP) is 0.263. The van der Waals surface area contributed by atoms with Gasteiger partial charge in [0.1, 0.15) is 0 Å². The van der Waals surface area contributed by atoms with E-state index in [2.05, 4.69) is 20.6 Å². The average Bonchev–Trinajstić information content (AvgIpc) is 2.24. The third-order valence-corrected chi connectivity index (χ3v) is 1.19. The van der Waals surface area contributed by atoms with Crippen molar-refractivity contribution >= 4 is 12.4 Å². The lowest BCUT2D eigenvalue weighted by atomic mass is 10.6. The summed E-state index contributed by atoms with van der Waals surface area (Å²) >= 11 is 0. The molecule has 0 aromatic carbocycles. The van der Waals surface area contributed by atoms with E-state index in [0.717, 1.165) is 13.1 Å². The number of nitrogens with one attached hydrogen (secondary N) is 2. The molecule has 0 unspecified atom stereocenters. The molecule has 0 amide bonds. The van der Waals surface area contributed by atoms with Crippen LogP contribution in [0.1, 0.15) is 0 Å². The van der Waals surface area contributed by atoms with E-state index in [-0.39, 0.29) is 0 Å². The molecule has 12 heavy (non-hydrogen) atoms. The molecule has 0 aromatic heterocycles. The van der Waals surface area contributed by atoms with Gasteiger partial charge in [-0.05, 0) is 0 Å². The summed E-state index contributed by atoms with van der Waals surface area (Å²) in [6.07, 6.45) is 10.7. The lowest BCUT2D eigenvalue weighted by Crippen LogP contribution is -2.09. The van der Waals surface area contributed by atoms with Crippen molar-refractivity contribution in [1.29, 1.82) is 0 Å². The maximum absolute atomic E-state index is 3.81. The van der Waals surface area contributed by atoms with Gasteiger partial charge in [0.25, 0.3) is 0 Å². The molecule has 0 spiro atoms. The molecule has 0 saturated heterocycles. The summed E-state index contributed by atoms with van der Waals surface area (Å²) in [7, 11) is 0. The lowest BCUT2D eigenvalue weighted by Gasteiger charge is -1.93. The van der Waals surface area contributed by atoms with Crippen LogP contribution in [-0.4, -0.2) is 25.5 Å². The van der Waals surface area contributed by atoms with Crippen molar-refractivity contribution in [1.82, 2.24) is 10.6 Å². The maximum Gasteiger partial charge on any atom is 0.0498 e. The Hall–Kier alpha value is -1.58. The smallest absolute Gasteiger partial charge is 0.0498 e. The summed E-state index contributed by atoms with van der Waals surface area (Å²) in [5.41, 5.74) is 0. The first-order chi connectivity index (χ1) is 6.00. The second kappa shape index (κ2) is 6.15. The van der Waals surface area contributed by atoms with Crippen LogP contribution in [-0.2, 0) is 0 Å². The Bertz CT molecular complexity index is 167. The molecule has 0 atom stereocenters. The minimum absolute atomic E-state index is 0.872. The Kier molecular flexibility index (Phi) is 4.37. The first-order valence-electron chi connectivity index (χ1n) is 3.80. The Morgan fingerprint density at radius 1 is 0.833 bits per heavy atom. The van der Waals surface area contributed by atoms with Crippen molar-refractivity contribution in [2.45, 2.75) is 0 Å². The van der Waals surface area contributed by atoms with Gasteiger partial charge in [0.05, 0.1) is 0 Å². The third kappa shape index (κ3) is 4.27. The molecule has 2 rings (SSSR count). The molecule has 0 radical (unpaired) electrons. The molecular weight excluding hydrogens is 152 g/mol. The van der Waals surface area contributed by atoms with Gasteiger partial charge in [0, 0.05) is 50.3 Å². The Labute approximate surface area is 71.8 Å². The van der Waals surface area contributed by atoms with E-state index in [1.54, 1.807) is 12.4 Å². The number of nitrogens with zero attached hydrogens (tertiary/aromatic N) is 2. The van der Waals surface area contributed by atoms with Crippen molar-refractivity contribution in [3.05, 3.63) is 24.8 Å². The van der Waals surface area contributed by atoms with Crippen LogP contribution in [0.5, 0.6) is 0 Å². The molecule has 4 nitrogen and oxygen atoms in total. The molecule has 0 saturated carbocycles. The number of aliphatic imine (C=N–C) groups is 2. The molecule has 0 aromatic rings. The SMILES string of the molecule is C1=CNCC=N1.C1=CNCC=N1. The molecule has 2 aliphatic rings. The van der Waals surface area contributed by atoms with Crippen LogP contribution in [0.25, 0.3) is 0 Å².